The van der Waals surface area contributed by atoms with Gasteiger partial charge in [-0.1, -0.05) is 148 Å². The third-order valence-electron chi connectivity index (χ3n) is 3.37. The molecule has 0 fully saturated rings. The van der Waals surface area contributed by atoms with Gasteiger partial charge in [-0.2, -0.15) is 0 Å². The molecule has 1 nitrogen and oxygen atoms in total. The van der Waals surface area contributed by atoms with Gasteiger partial charge in [-0.25, -0.2) is 5.11 Å². The lowest BCUT2D eigenvalue weighted by Gasteiger charge is -2.35. The summed E-state index contributed by atoms with van der Waals surface area (Å²) in [5.41, 5.74) is 0.0837. The zero-order valence-corrected chi connectivity index (χ0v) is 20.0. The summed E-state index contributed by atoms with van der Waals surface area (Å²) in [6.07, 6.45) is -0.583. The highest BCUT2D eigenvalue weighted by atomic mass is 35.6. The van der Waals surface area contributed by atoms with E-state index in [2.05, 4.69) is 0 Å². The Labute approximate surface area is 196 Å². The minimum atomic E-state index is -2.16. The van der Waals surface area contributed by atoms with Crippen molar-refractivity contribution in [1.82, 2.24) is 0 Å². The zero-order chi connectivity index (χ0) is 19.8. The second-order valence-electron chi connectivity index (χ2n) is 5.19. The smallest absolute Gasteiger partial charge is 0.227 e. The van der Waals surface area contributed by atoms with Gasteiger partial charge in [0, 0.05) is 0 Å². The fraction of sp³-hybridized carbons (Fsp3) is 0.571. The van der Waals surface area contributed by atoms with Crippen molar-refractivity contribution in [2.75, 3.05) is 0 Å². The second kappa shape index (κ2) is 8.84. The molecule has 0 heterocycles. The Morgan fingerprint density at radius 1 is 0.800 bits per heavy atom. The third kappa shape index (κ3) is 5.37. The number of benzene rings is 1. The van der Waals surface area contributed by atoms with Crippen molar-refractivity contribution in [1.29, 1.82) is 0 Å². The van der Waals surface area contributed by atoms with E-state index >= 15 is 0 Å². The number of alkyl halides is 10. The van der Waals surface area contributed by atoms with Crippen LogP contribution in [0.4, 0.5) is 0 Å². The van der Waals surface area contributed by atoms with Crippen LogP contribution in [0.1, 0.15) is 42.6 Å². The van der Waals surface area contributed by atoms with Crippen molar-refractivity contribution in [2.45, 2.75) is 42.1 Å². The number of halogens is 10. The van der Waals surface area contributed by atoms with Crippen LogP contribution in [0.5, 0.6) is 0 Å². The molecule has 1 rings (SSSR count). The summed E-state index contributed by atoms with van der Waals surface area (Å²) in [5.74, 6) is 0. The molecule has 0 aliphatic carbocycles. The van der Waals surface area contributed by atoms with Crippen molar-refractivity contribution in [2.24, 2.45) is 0 Å². The Balaban J connectivity index is 3.81. The average Bonchev–Trinajstić information content (AvgIpc) is 2.44. The summed E-state index contributed by atoms with van der Waals surface area (Å²) in [5, 5.41) is 12.8. The van der Waals surface area contributed by atoms with Gasteiger partial charge in [0.1, 0.15) is 6.10 Å². The fourth-order valence-corrected chi connectivity index (χ4v) is 3.44. The zero-order valence-electron chi connectivity index (χ0n) is 12.4. The van der Waals surface area contributed by atoms with Gasteiger partial charge in [0.2, 0.25) is 7.59 Å². The predicted octanol–water partition coefficient (Wildman–Crippen LogP) is 8.96. The third-order valence-corrected chi connectivity index (χ3v) is 8.18. The molecule has 1 radical (unpaired) electrons. The van der Waals surface area contributed by atoms with E-state index < -0.39 is 22.4 Å². The summed E-state index contributed by atoms with van der Waals surface area (Å²) in [6.45, 7) is 1.82. The summed E-state index contributed by atoms with van der Waals surface area (Å²) < 4.78 is -8.46. The summed E-state index contributed by atoms with van der Waals surface area (Å²) >= 11 is 60.4. The van der Waals surface area contributed by atoms with E-state index in [0.717, 1.165) is 0 Å². The van der Waals surface area contributed by atoms with Gasteiger partial charge in [-0.15, -0.1) is 0 Å². The van der Waals surface area contributed by atoms with Crippen LogP contribution in [0.25, 0.3) is 0 Å². The Bertz CT molecular complexity index is 558. The maximum Gasteiger partial charge on any atom is 0.227 e. The highest BCUT2D eigenvalue weighted by molar-refractivity contribution is 6.76. The summed E-state index contributed by atoms with van der Waals surface area (Å²) in [7, 11) is 0. The molecule has 1 atom stereocenters. The first kappa shape index (κ1) is 25.1. The highest BCUT2D eigenvalue weighted by Gasteiger charge is 2.53. The van der Waals surface area contributed by atoms with E-state index in [1.807, 2.05) is 6.92 Å². The molecule has 0 amide bonds. The number of hydrogen-bond acceptors (Lipinski definition) is 0. The average molecular weight is 550 g/mol. The molecule has 0 spiro atoms. The van der Waals surface area contributed by atoms with E-state index in [1.54, 1.807) is 0 Å². The highest BCUT2D eigenvalue weighted by Crippen LogP contribution is 2.59. The van der Waals surface area contributed by atoms with E-state index in [-0.39, 0.29) is 23.1 Å². The Morgan fingerprint density at radius 2 is 1.16 bits per heavy atom. The standard InChI is InChI=1S/C14H11Cl10O/c1-2-4-9(25)10-7(11(15,16)13(19,20)21)5-3-6-8(10)12(17,18)14(22,23)24/h3,5-6,9H,2,4H2,1H3. The van der Waals surface area contributed by atoms with Gasteiger partial charge >= 0.3 is 0 Å². The van der Waals surface area contributed by atoms with Crippen molar-refractivity contribution < 1.29 is 5.11 Å². The molecule has 1 aromatic rings. The van der Waals surface area contributed by atoms with Crippen LogP contribution in [-0.2, 0) is 13.8 Å². The van der Waals surface area contributed by atoms with Crippen LogP contribution in [0.15, 0.2) is 18.2 Å². The topological polar surface area (TPSA) is 19.9 Å². The summed E-state index contributed by atoms with van der Waals surface area (Å²) in [4.78, 5) is 0. The predicted molar refractivity (Wildman–Crippen MR) is 112 cm³/mol. The molecule has 25 heavy (non-hydrogen) atoms. The molecule has 0 N–H and O–H groups in total. The van der Waals surface area contributed by atoms with Crippen molar-refractivity contribution >= 4 is 116 Å². The monoisotopic (exact) mass is 545 g/mol. The molecular formula is C14H11Cl10O. The summed E-state index contributed by atoms with van der Waals surface area (Å²) in [6, 6.07) is 4.34. The van der Waals surface area contributed by atoms with E-state index in [0.29, 0.717) is 6.42 Å². The van der Waals surface area contributed by atoms with Gasteiger partial charge in [0.05, 0.1) is 0 Å². The van der Waals surface area contributed by atoms with E-state index in [9.17, 15) is 5.11 Å². The van der Waals surface area contributed by atoms with Crippen molar-refractivity contribution in [3.05, 3.63) is 34.9 Å². The van der Waals surface area contributed by atoms with Gasteiger partial charge in [-0.05, 0) is 23.1 Å². The van der Waals surface area contributed by atoms with Crippen molar-refractivity contribution in [3.63, 3.8) is 0 Å². The number of hydrogen-bond donors (Lipinski definition) is 0. The molecule has 143 valence electrons. The van der Waals surface area contributed by atoms with E-state index in [1.165, 1.54) is 18.2 Å². The lowest BCUT2D eigenvalue weighted by molar-refractivity contribution is 0.0785. The maximum absolute atomic E-state index is 12.8. The molecule has 0 saturated heterocycles. The molecule has 1 unspecified atom stereocenters. The molecule has 0 aliphatic heterocycles. The van der Waals surface area contributed by atoms with Gasteiger partial charge in [0.25, 0.3) is 0 Å². The Hall–Kier alpha value is 2.08. The van der Waals surface area contributed by atoms with Crippen LogP contribution in [0, 0.1) is 0 Å². The normalized spacial score (nSPS) is 15.4. The van der Waals surface area contributed by atoms with Gasteiger partial charge in [-0.3, -0.25) is 0 Å². The Morgan fingerprint density at radius 3 is 1.44 bits per heavy atom. The molecule has 0 aromatic heterocycles. The Kier molecular flexibility index (Phi) is 8.88. The quantitative estimate of drug-likeness (QED) is 0.327. The molecule has 0 aliphatic rings. The van der Waals surface area contributed by atoms with Gasteiger partial charge in [0.15, 0.2) is 8.67 Å². The SMILES string of the molecule is CCCC([O])c1c(C(Cl)(Cl)C(Cl)(Cl)Cl)cccc1C(Cl)(Cl)C(Cl)(Cl)Cl. The van der Waals surface area contributed by atoms with Crippen molar-refractivity contribution in [3.8, 4) is 0 Å². The first-order valence-corrected chi connectivity index (χ1v) is 10.6. The molecule has 11 heteroatoms. The lowest BCUT2D eigenvalue weighted by atomic mass is 9.90. The largest absolute Gasteiger partial charge is 0.228 e. The minimum Gasteiger partial charge on any atom is -0.228 e. The first-order valence-electron chi connectivity index (χ1n) is 6.77. The number of rotatable bonds is 5. The first-order chi connectivity index (χ1) is 11.1. The molecular weight excluding hydrogens is 539 g/mol. The van der Waals surface area contributed by atoms with Crippen LogP contribution >= 0.6 is 116 Å². The van der Waals surface area contributed by atoms with Crippen LogP contribution < -0.4 is 0 Å². The molecule has 0 saturated carbocycles. The van der Waals surface area contributed by atoms with Crippen LogP contribution in [0.3, 0.4) is 0 Å². The maximum atomic E-state index is 12.8. The second-order valence-corrected chi connectivity index (χ2v) is 12.4. The lowest BCUT2D eigenvalue weighted by Crippen LogP contribution is -2.34. The van der Waals surface area contributed by atoms with Crippen LogP contribution in [-0.4, -0.2) is 7.59 Å². The molecule has 0 bridgehead atoms. The fourth-order valence-electron chi connectivity index (χ4n) is 2.17. The minimum absolute atomic E-state index is 0.0250. The van der Waals surface area contributed by atoms with Gasteiger partial charge < -0.3 is 0 Å². The molecule has 1 aromatic carbocycles. The van der Waals surface area contributed by atoms with E-state index in [4.69, 9.17) is 116 Å². The van der Waals surface area contributed by atoms with Crippen LogP contribution in [0.2, 0.25) is 0 Å².